The van der Waals surface area contributed by atoms with Crippen molar-refractivity contribution in [3.8, 4) is 0 Å². The van der Waals surface area contributed by atoms with E-state index in [2.05, 4.69) is 10.6 Å². The van der Waals surface area contributed by atoms with Crippen LogP contribution in [0, 0.1) is 0 Å². The van der Waals surface area contributed by atoms with Crippen molar-refractivity contribution in [2.24, 2.45) is 0 Å². The number of hydrogen-bond donors (Lipinski definition) is 2. The Morgan fingerprint density at radius 3 is 2.36 bits per heavy atom. The molecule has 25 heavy (non-hydrogen) atoms. The molecule has 0 radical (unpaired) electrons. The molecule has 3 aromatic rings. The molecule has 2 N–H and O–H groups in total. The second kappa shape index (κ2) is 7.22. The van der Waals surface area contributed by atoms with Gasteiger partial charge in [-0.1, -0.05) is 40.9 Å². The van der Waals surface area contributed by atoms with Crippen LogP contribution in [0.2, 0.25) is 15.1 Å². The quantitative estimate of drug-likeness (QED) is 0.547. The van der Waals surface area contributed by atoms with Gasteiger partial charge in [-0.05, 0) is 30.3 Å². The molecular weight excluding hydrogens is 403 g/mol. The average molecular weight is 414 g/mol. The maximum absolute atomic E-state index is 12.6. The Morgan fingerprint density at radius 1 is 1.00 bits per heavy atom. The molecule has 0 aliphatic rings. The van der Waals surface area contributed by atoms with Crippen LogP contribution >= 0.6 is 46.1 Å². The van der Waals surface area contributed by atoms with E-state index in [0.29, 0.717) is 31.7 Å². The molecule has 128 valence electrons. The highest BCUT2D eigenvalue weighted by atomic mass is 35.5. The van der Waals surface area contributed by atoms with Gasteiger partial charge in [0.15, 0.2) is 0 Å². The first-order chi connectivity index (χ1) is 11.8. The standard InChI is InChI=1S/C17H11Cl3N2O2S/c1-8(23)21-10-3-2-4-11(7-10)22-17(24)16-15(20)14-12(19)5-9(18)6-13(14)25-16/h2-7H,1H3,(H,21,23)(H,22,24). The SMILES string of the molecule is CC(=O)Nc1cccc(NC(=O)c2sc3cc(Cl)cc(Cl)c3c2Cl)c1. The number of anilines is 2. The largest absolute Gasteiger partial charge is 0.326 e. The molecule has 1 heterocycles. The number of carbonyl (C=O) groups excluding carboxylic acids is 2. The molecule has 0 aliphatic carbocycles. The number of thiophene rings is 1. The lowest BCUT2D eigenvalue weighted by Crippen LogP contribution is -2.11. The van der Waals surface area contributed by atoms with E-state index in [1.54, 1.807) is 36.4 Å². The fourth-order valence-electron chi connectivity index (χ4n) is 2.32. The molecule has 0 saturated carbocycles. The summed E-state index contributed by atoms with van der Waals surface area (Å²) in [6, 6.07) is 10.1. The normalized spacial score (nSPS) is 10.7. The van der Waals surface area contributed by atoms with Crippen molar-refractivity contribution < 1.29 is 9.59 Å². The molecule has 0 atom stereocenters. The summed E-state index contributed by atoms with van der Waals surface area (Å²) in [4.78, 5) is 24.1. The Labute approximate surface area is 162 Å². The van der Waals surface area contributed by atoms with Gasteiger partial charge in [0.05, 0.1) is 10.0 Å². The van der Waals surface area contributed by atoms with E-state index >= 15 is 0 Å². The molecule has 0 fully saturated rings. The maximum atomic E-state index is 12.6. The van der Waals surface area contributed by atoms with Crippen LogP contribution in [0.4, 0.5) is 11.4 Å². The van der Waals surface area contributed by atoms with Gasteiger partial charge in [-0.2, -0.15) is 0 Å². The lowest BCUT2D eigenvalue weighted by molar-refractivity contribution is -0.114. The molecule has 3 rings (SSSR count). The zero-order chi connectivity index (χ0) is 18.1. The minimum absolute atomic E-state index is 0.192. The molecule has 0 aliphatic heterocycles. The molecule has 0 unspecified atom stereocenters. The van der Waals surface area contributed by atoms with Gasteiger partial charge in [0.25, 0.3) is 5.91 Å². The van der Waals surface area contributed by atoms with Gasteiger partial charge in [-0.25, -0.2) is 0 Å². The average Bonchev–Trinajstić information content (AvgIpc) is 2.84. The van der Waals surface area contributed by atoms with Crippen LogP contribution in [0.15, 0.2) is 36.4 Å². The zero-order valence-corrected chi connectivity index (χ0v) is 15.9. The van der Waals surface area contributed by atoms with Crippen LogP contribution < -0.4 is 10.6 Å². The summed E-state index contributed by atoms with van der Waals surface area (Å²) < 4.78 is 0.736. The van der Waals surface area contributed by atoms with Crippen molar-refractivity contribution in [3.63, 3.8) is 0 Å². The monoisotopic (exact) mass is 412 g/mol. The summed E-state index contributed by atoms with van der Waals surface area (Å²) in [7, 11) is 0. The van der Waals surface area contributed by atoms with E-state index in [0.717, 1.165) is 4.70 Å². The Bertz CT molecular complexity index is 1000. The number of benzene rings is 2. The fraction of sp³-hybridized carbons (Fsp3) is 0.0588. The molecule has 2 amide bonds. The van der Waals surface area contributed by atoms with E-state index in [4.69, 9.17) is 34.8 Å². The number of fused-ring (bicyclic) bond motifs is 1. The van der Waals surface area contributed by atoms with E-state index in [9.17, 15) is 9.59 Å². The van der Waals surface area contributed by atoms with Gasteiger partial charge in [0.1, 0.15) is 4.88 Å². The summed E-state index contributed by atoms with van der Waals surface area (Å²) >= 11 is 19.7. The van der Waals surface area contributed by atoms with E-state index in [1.165, 1.54) is 18.3 Å². The molecule has 0 spiro atoms. The highest BCUT2D eigenvalue weighted by molar-refractivity contribution is 7.21. The highest BCUT2D eigenvalue weighted by Gasteiger charge is 2.19. The molecule has 0 saturated heterocycles. The predicted octanol–water partition coefficient (Wildman–Crippen LogP) is 6.07. The summed E-state index contributed by atoms with van der Waals surface area (Å²) in [6.07, 6.45) is 0. The molecule has 1 aromatic heterocycles. The van der Waals surface area contributed by atoms with Crippen LogP contribution in [0.5, 0.6) is 0 Å². The first-order valence-electron chi connectivity index (χ1n) is 7.11. The molecular formula is C17H11Cl3N2O2S. The lowest BCUT2D eigenvalue weighted by atomic mass is 10.2. The fourth-order valence-corrected chi connectivity index (χ4v) is 4.60. The molecule has 8 heteroatoms. The van der Waals surface area contributed by atoms with Gasteiger partial charge < -0.3 is 10.6 Å². The van der Waals surface area contributed by atoms with Crippen LogP contribution in [0.1, 0.15) is 16.6 Å². The second-order valence-corrected chi connectivity index (χ2v) is 7.50. The van der Waals surface area contributed by atoms with Gasteiger partial charge in [-0.3, -0.25) is 9.59 Å². The number of hydrogen-bond acceptors (Lipinski definition) is 3. The summed E-state index contributed by atoms with van der Waals surface area (Å²) in [5, 5.41) is 7.20. The number of nitrogens with one attached hydrogen (secondary N) is 2. The predicted molar refractivity (Wildman–Crippen MR) is 106 cm³/mol. The van der Waals surface area contributed by atoms with E-state index < -0.39 is 0 Å². The van der Waals surface area contributed by atoms with Crippen molar-refractivity contribution in [3.05, 3.63) is 56.3 Å². The van der Waals surface area contributed by atoms with Gasteiger partial charge in [-0.15, -0.1) is 11.3 Å². The first kappa shape index (κ1) is 18.0. The third-order valence-corrected chi connectivity index (χ3v) is 5.44. The Hall–Kier alpha value is -1.79. The third kappa shape index (κ3) is 3.90. The van der Waals surface area contributed by atoms with E-state index in [-0.39, 0.29) is 16.8 Å². The molecule has 4 nitrogen and oxygen atoms in total. The van der Waals surface area contributed by atoms with Gasteiger partial charge in [0.2, 0.25) is 5.91 Å². The van der Waals surface area contributed by atoms with Crippen molar-refractivity contribution >= 4 is 79.4 Å². The summed E-state index contributed by atoms with van der Waals surface area (Å²) in [6.45, 7) is 1.41. The zero-order valence-electron chi connectivity index (χ0n) is 12.8. The van der Waals surface area contributed by atoms with Crippen LogP contribution in [0.3, 0.4) is 0 Å². The summed E-state index contributed by atoms with van der Waals surface area (Å²) in [5.41, 5.74) is 1.12. The van der Waals surface area contributed by atoms with Crippen LogP contribution in [-0.4, -0.2) is 11.8 Å². The number of carbonyl (C=O) groups is 2. The molecule has 2 aromatic carbocycles. The van der Waals surface area contributed by atoms with Crippen molar-refractivity contribution in [2.45, 2.75) is 6.92 Å². The Kier molecular flexibility index (Phi) is 5.20. The minimum Gasteiger partial charge on any atom is -0.326 e. The molecule has 0 bridgehead atoms. The third-order valence-electron chi connectivity index (χ3n) is 3.30. The summed E-state index contributed by atoms with van der Waals surface area (Å²) in [5.74, 6) is -0.555. The number of rotatable bonds is 3. The smallest absolute Gasteiger partial charge is 0.267 e. The van der Waals surface area contributed by atoms with Crippen molar-refractivity contribution in [1.29, 1.82) is 0 Å². The Balaban J connectivity index is 1.92. The van der Waals surface area contributed by atoms with Crippen molar-refractivity contribution in [2.75, 3.05) is 10.6 Å². The van der Waals surface area contributed by atoms with Crippen LogP contribution in [-0.2, 0) is 4.79 Å². The van der Waals surface area contributed by atoms with Gasteiger partial charge in [0, 0.05) is 33.4 Å². The number of amides is 2. The topological polar surface area (TPSA) is 58.2 Å². The lowest BCUT2D eigenvalue weighted by Gasteiger charge is -2.07. The van der Waals surface area contributed by atoms with Crippen molar-refractivity contribution in [1.82, 2.24) is 0 Å². The highest BCUT2D eigenvalue weighted by Crippen LogP contribution is 2.41. The van der Waals surface area contributed by atoms with Gasteiger partial charge >= 0.3 is 0 Å². The minimum atomic E-state index is -0.363. The first-order valence-corrected chi connectivity index (χ1v) is 9.06. The number of halogens is 3. The second-order valence-electron chi connectivity index (χ2n) is 5.22. The van der Waals surface area contributed by atoms with Crippen LogP contribution in [0.25, 0.3) is 10.1 Å². The maximum Gasteiger partial charge on any atom is 0.267 e. The van der Waals surface area contributed by atoms with E-state index in [1.807, 2.05) is 0 Å². The Morgan fingerprint density at radius 2 is 1.68 bits per heavy atom.